The summed E-state index contributed by atoms with van der Waals surface area (Å²) in [4.78, 5) is 19.9. The van der Waals surface area contributed by atoms with Crippen LogP contribution in [0.3, 0.4) is 0 Å². The summed E-state index contributed by atoms with van der Waals surface area (Å²) in [6.07, 6.45) is 4.68. The molecule has 1 saturated heterocycles. The topological polar surface area (TPSA) is 51.1 Å². The lowest BCUT2D eigenvalue weighted by molar-refractivity contribution is -0.142. The molecule has 0 N–H and O–H groups in total. The molecule has 118 valence electrons. The zero-order valence-corrected chi connectivity index (χ0v) is 13.0. The lowest BCUT2D eigenvalue weighted by Crippen LogP contribution is -2.39. The number of hydrogen-bond acceptors (Lipinski definition) is 4. The largest absolute Gasteiger partial charge is 0.497 e. The molecule has 0 spiro atoms. The quantitative estimate of drug-likeness (QED) is 0.862. The molecule has 0 saturated carbocycles. The minimum Gasteiger partial charge on any atom is -0.497 e. The highest BCUT2D eigenvalue weighted by molar-refractivity contribution is 6.04. The summed E-state index contributed by atoms with van der Waals surface area (Å²) < 4.78 is 5.15. The first-order chi connectivity index (χ1) is 10.8. The van der Waals surface area contributed by atoms with E-state index in [4.69, 9.17) is 9.57 Å². The third-order valence-corrected chi connectivity index (χ3v) is 4.29. The van der Waals surface area contributed by atoms with Gasteiger partial charge in [0.2, 0.25) is 6.10 Å². The van der Waals surface area contributed by atoms with Gasteiger partial charge in [-0.15, -0.1) is 0 Å². The van der Waals surface area contributed by atoms with Gasteiger partial charge in [0, 0.05) is 19.5 Å². The van der Waals surface area contributed by atoms with Crippen LogP contribution in [-0.2, 0) is 9.63 Å². The van der Waals surface area contributed by atoms with Crippen LogP contribution in [0.15, 0.2) is 29.4 Å². The van der Waals surface area contributed by atoms with E-state index in [1.807, 2.05) is 29.2 Å². The van der Waals surface area contributed by atoms with Crippen molar-refractivity contribution >= 4 is 11.6 Å². The molecule has 1 atom stereocenters. The molecule has 5 heteroatoms. The Balaban J connectivity index is 1.61. The maximum Gasteiger partial charge on any atom is 0.266 e. The van der Waals surface area contributed by atoms with E-state index in [-0.39, 0.29) is 5.91 Å². The van der Waals surface area contributed by atoms with Gasteiger partial charge in [0.1, 0.15) is 5.75 Å². The molecule has 0 radical (unpaired) electrons. The SMILES string of the molecule is COc1ccc(C2=NO[C@@H](C(=O)N3CCCCCC3)C2)cc1. The Hall–Kier alpha value is -2.04. The summed E-state index contributed by atoms with van der Waals surface area (Å²) in [7, 11) is 1.64. The number of carbonyl (C=O) groups excluding carboxylic acids is 1. The van der Waals surface area contributed by atoms with Crippen LogP contribution in [0.2, 0.25) is 0 Å². The van der Waals surface area contributed by atoms with Crippen LogP contribution >= 0.6 is 0 Å². The number of likely N-dealkylation sites (tertiary alicyclic amines) is 1. The summed E-state index contributed by atoms with van der Waals surface area (Å²) in [5.41, 5.74) is 1.81. The molecule has 2 aliphatic rings. The molecule has 2 heterocycles. The van der Waals surface area contributed by atoms with Gasteiger partial charge in [-0.2, -0.15) is 0 Å². The second-order valence-electron chi connectivity index (χ2n) is 5.80. The van der Waals surface area contributed by atoms with E-state index in [1.54, 1.807) is 7.11 Å². The summed E-state index contributed by atoms with van der Waals surface area (Å²) in [6.45, 7) is 1.69. The van der Waals surface area contributed by atoms with E-state index in [9.17, 15) is 4.79 Å². The number of amides is 1. The second-order valence-corrected chi connectivity index (χ2v) is 5.80. The van der Waals surface area contributed by atoms with E-state index >= 15 is 0 Å². The standard InChI is InChI=1S/C17H22N2O3/c1-21-14-8-6-13(7-9-14)15-12-16(22-18-15)17(20)19-10-4-2-3-5-11-19/h6-9,16H,2-5,10-12H2,1H3/t16-/m1/s1. The van der Waals surface area contributed by atoms with Crippen LogP contribution in [0.4, 0.5) is 0 Å². The maximum absolute atomic E-state index is 12.5. The van der Waals surface area contributed by atoms with Crippen LogP contribution in [0.5, 0.6) is 5.75 Å². The molecule has 0 aliphatic carbocycles. The number of rotatable bonds is 3. The van der Waals surface area contributed by atoms with E-state index in [0.29, 0.717) is 6.42 Å². The van der Waals surface area contributed by atoms with Gasteiger partial charge in [-0.05, 0) is 42.7 Å². The van der Waals surface area contributed by atoms with Gasteiger partial charge in [-0.25, -0.2) is 0 Å². The number of benzene rings is 1. The first-order valence-corrected chi connectivity index (χ1v) is 7.94. The average molecular weight is 302 g/mol. The Morgan fingerprint density at radius 1 is 1.18 bits per heavy atom. The lowest BCUT2D eigenvalue weighted by atomic mass is 10.0. The number of ether oxygens (including phenoxy) is 1. The van der Waals surface area contributed by atoms with Gasteiger partial charge in [0.25, 0.3) is 5.91 Å². The van der Waals surface area contributed by atoms with Crippen molar-refractivity contribution in [3.8, 4) is 5.75 Å². The molecule has 0 aromatic heterocycles. The third kappa shape index (κ3) is 3.24. The normalized spacial score (nSPS) is 21.8. The smallest absolute Gasteiger partial charge is 0.266 e. The number of oxime groups is 1. The molecule has 1 amide bonds. The average Bonchev–Trinajstić information content (AvgIpc) is 2.90. The minimum atomic E-state index is -0.463. The van der Waals surface area contributed by atoms with Gasteiger partial charge in [-0.3, -0.25) is 4.79 Å². The lowest BCUT2D eigenvalue weighted by Gasteiger charge is -2.22. The van der Waals surface area contributed by atoms with E-state index < -0.39 is 6.10 Å². The molecule has 3 rings (SSSR count). The zero-order chi connectivity index (χ0) is 15.4. The van der Waals surface area contributed by atoms with Crippen LogP contribution in [-0.4, -0.2) is 42.8 Å². The first-order valence-electron chi connectivity index (χ1n) is 7.94. The van der Waals surface area contributed by atoms with Crippen molar-refractivity contribution in [2.45, 2.75) is 38.2 Å². The molecule has 2 aliphatic heterocycles. The van der Waals surface area contributed by atoms with Crippen molar-refractivity contribution in [1.29, 1.82) is 0 Å². The van der Waals surface area contributed by atoms with Crippen molar-refractivity contribution in [2.75, 3.05) is 20.2 Å². The molecular weight excluding hydrogens is 280 g/mol. The van der Waals surface area contributed by atoms with E-state index in [1.165, 1.54) is 12.8 Å². The van der Waals surface area contributed by atoms with Crippen LogP contribution in [0.25, 0.3) is 0 Å². The van der Waals surface area contributed by atoms with Crippen molar-refractivity contribution in [3.63, 3.8) is 0 Å². The monoisotopic (exact) mass is 302 g/mol. The molecule has 1 fully saturated rings. The summed E-state index contributed by atoms with van der Waals surface area (Å²) in [5, 5.41) is 4.11. The molecule has 0 bridgehead atoms. The predicted molar refractivity (Wildman–Crippen MR) is 84.1 cm³/mol. The fourth-order valence-electron chi connectivity index (χ4n) is 2.96. The van der Waals surface area contributed by atoms with Crippen molar-refractivity contribution in [1.82, 2.24) is 4.90 Å². The summed E-state index contributed by atoms with van der Waals surface area (Å²) in [5.74, 6) is 0.884. The maximum atomic E-state index is 12.5. The number of nitrogens with zero attached hydrogens (tertiary/aromatic N) is 2. The minimum absolute atomic E-state index is 0.0779. The Bertz CT molecular complexity index is 546. The molecule has 1 aromatic carbocycles. The summed E-state index contributed by atoms with van der Waals surface area (Å²) in [6, 6.07) is 7.67. The van der Waals surface area contributed by atoms with Gasteiger partial charge in [-0.1, -0.05) is 18.0 Å². The van der Waals surface area contributed by atoms with Gasteiger partial charge in [0.15, 0.2) is 0 Å². The van der Waals surface area contributed by atoms with Gasteiger partial charge >= 0.3 is 0 Å². The van der Waals surface area contributed by atoms with Gasteiger partial charge in [0.05, 0.1) is 12.8 Å². The molecular formula is C17H22N2O3. The highest BCUT2D eigenvalue weighted by Crippen LogP contribution is 2.21. The number of carbonyl (C=O) groups is 1. The fourth-order valence-corrected chi connectivity index (χ4v) is 2.96. The van der Waals surface area contributed by atoms with Crippen LogP contribution in [0.1, 0.15) is 37.7 Å². The molecule has 1 aromatic rings. The van der Waals surface area contributed by atoms with Crippen LogP contribution in [0, 0.1) is 0 Å². The van der Waals surface area contributed by atoms with Gasteiger partial charge < -0.3 is 14.5 Å². The number of hydrogen-bond donors (Lipinski definition) is 0. The van der Waals surface area contributed by atoms with E-state index in [0.717, 1.165) is 43.0 Å². The third-order valence-electron chi connectivity index (χ3n) is 4.29. The van der Waals surface area contributed by atoms with Crippen molar-refractivity contribution in [2.24, 2.45) is 5.16 Å². The first kappa shape index (κ1) is 14.9. The Morgan fingerprint density at radius 3 is 2.50 bits per heavy atom. The predicted octanol–water partition coefficient (Wildman–Crippen LogP) is 2.59. The fraction of sp³-hybridized carbons (Fsp3) is 0.529. The molecule has 0 unspecified atom stereocenters. The van der Waals surface area contributed by atoms with E-state index in [2.05, 4.69) is 5.16 Å². The molecule has 5 nitrogen and oxygen atoms in total. The van der Waals surface area contributed by atoms with Crippen molar-refractivity contribution in [3.05, 3.63) is 29.8 Å². The zero-order valence-electron chi connectivity index (χ0n) is 13.0. The highest BCUT2D eigenvalue weighted by atomic mass is 16.6. The second kappa shape index (κ2) is 6.81. The highest BCUT2D eigenvalue weighted by Gasteiger charge is 2.32. The Morgan fingerprint density at radius 2 is 1.86 bits per heavy atom. The number of methoxy groups -OCH3 is 1. The Labute approximate surface area is 130 Å². The summed E-state index contributed by atoms with van der Waals surface area (Å²) >= 11 is 0. The Kier molecular flexibility index (Phi) is 4.61. The van der Waals surface area contributed by atoms with Crippen molar-refractivity contribution < 1.29 is 14.4 Å². The molecule has 22 heavy (non-hydrogen) atoms. The van der Waals surface area contributed by atoms with Crippen LogP contribution < -0.4 is 4.74 Å².